The number of halogens is 1. The number of H-pyrrole nitrogens is 1. The van der Waals surface area contributed by atoms with Gasteiger partial charge in [0.25, 0.3) is 0 Å². The lowest BCUT2D eigenvalue weighted by Crippen LogP contribution is -2.27. The monoisotopic (exact) mass is 312 g/mol. The van der Waals surface area contributed by atoms with Crippen LogP contribution in [0, 0.1) is 5.82 Å². The third-order valence-electron chi connectivity index (χ3n) is 4.24. The van der Waals surface area contributed by atoms with Gasteiger partial charge in [-0.15, -0.1) is 11.3 Å². The van der Waals surface area contributed by atoms with Crippen LogP contribution in [0.1, 0.15) is 16.9 Å². The third kappa shape index (κ3) is 2.60. The average Bonchev–Trinajstić information content (AvgIpc) is 3.17. The van der Waals surface area contributed by atoms with Crippen molar-refractivity contribution >= 4 is 27.8 Å². The molecule has 0 bridgehead atoms. The molecular formula is C18H17FN2S. The zero-order chi connectivity index (χ0) is 14.9. The van der Waals surface area contributed by atoms with Crippen LogP contribution in [0.25, 0.3) is 16.5 Å². The van der Waals surface area contributed by atoms with E-state index in [1.54, 1.807) is 6.07 Å². The lowest BCUT2D eigenvalue weighted by atomic mass is 9.99. The molecule has 112 valence electrons. The zero-order valence-corrected chi connectivity index (χ0v) is 13.0. The highest BCUT2D eigenvalue weighted by molar-refractivity contribution is 7.09. The summed E-state index contributed by atoms with van der Waals surface area (Å²) in [6.45, 7) is 3.07. The molecule has 1 aromatic carbocycles. The number of thiophene rings is 1. The average molecular weight is 312 g/mol. The zero-order valence-electron chi connectivity index (χ0n) is 12.2. The van der Waals surface area contributed by atoms with E-state index in [-0.39, 0.29) is 5.82 Å². The fourth-order valence-corrected chi connectivity index (χ4v) is 3.83. The van der Waals surface area contributed by atoms with E-state index >= 15 is 0 Å². The third-order valence-corrected chi connectivity index (χ3v) is 5.10. The molecule has 4 heteroatoms. The van der Waals surface area contributed by atoms with E-state index in [0.29, 0.717) is 0 Å². The highest BCUT2D eigenvalue weighted by atomic mass is 32.1. The van der Waals surface area contributed by atoms with Crippen LogP contribution in [0.2, 0.25) is 0 Å². The Kier molecular flexibility index (Phi) is 3.56. The number of rotatable bonds is 3. The Morgan fingerprint density at radius 2 is 2.23 bits per heavy atom. The molecular weight excluding hydrogens is 295 g/mol. The lowest BCUT2D eigenvalue weighted by molar-refractivity contribution is 0.296. The van der Waals surface area contributed by atoms with Gasteiger partial charge in [-0.05, 0) is 41.6 Å². The molecule has 3 heterocycles. The number of benzene rings is 1. The molecule has 2 aromatic heterocycles. The number of nitrogens with one attached hydrogen (secondary N) is 1. The summed E-state index contributed by atoms with van der Waals surface area (Å²) in [5.74, 6) is -0.194. The second-order valence-electron chi connectivity index (χ2n) is 5.69. The summed E-state index contributed by atoms with van der Waals surface area (Å²) in [7, 11) is 0. The predicted octanol–water partition coefficient (Wildman–Crippen LogP) is 4.66. The van der Waals surface area contributed by atoms with Gasteiger partial charge in [0.2, 0.25) is 0 Å². The molecule has 1 aliphatic rings. The second-order valence-corrected chi connectivity index (χ2v) is 6.72. The summed E-state index contributed by atoms with van der Waals surface area (Å²) in [6.07, 6.45) is 5.35. The molecule has 0 saturated heterocycles. The van der Waals surface area contributed by atoms with E-state index in [9.17, 15) is 4.39 Å². The number of aromatic amines is 1. The summed E-state index contributed by atoms with van der Waals surface area (Å²) >= 11 is 1.82. The van der Waals surface area contributed by atoms with E-state index in [4.69, 9.17) is 0 Å². The molecule has 0 spiro atoms. The van der Waals surface area contributed by atoms with Crippen molar-refractivity contribution in [1.82, 2.24) is 9.88 Å². The maximum atomic E-state index is 13.3. The molecule has 0 unspecified atom stereocenters. The summed E-state index contributed by atoms with van der Waals surface area (Å²) in [5.41, 5.74) is 3.45. The molecule has 3 aromatic rings. The molecule has 2 nitrogen and oxygen atoms in total. The fraction of sp³-hybridized carbons (Fsp3) is 0.222. The Morgan fingerprint density at radius 3 is 3.00 bits per heavy atom. The maximum absolute atomic E-state index is 13.3. The van der Waals surface area contributed by atoms with Gasteiger partial charge in [-0.2, -0.15) is 0 Å². The van der Waals surface area contributed by atoms with Crippen molar-refractivity contribution in [2.45, 2.75) is 13.0 Å². The van der Waals surface area contributed by atoms with Crippen LogP contribution in [0.3, 0.4) is 0 Å². The van der Waals surface area contributed by atoms with E-state index in [1.165, 1.54) is 22.1 Å². The molecule has 0 fully saturated rings. The van der Waals surface area contributed by atoms with Crippen LogP contribution < -0.4 is 0 Å². The van der Waals surface area contributed by atoms with Gasteiger partial charge in [0.15, 0.2) is 0 Å². The molecule has 22 heavy (non-hydrogen) atoms. The van der Waals surface area contributed by atoms with Gasteiger partial charge in [0, 0.05) is 47.2 Å². The van der Waals surface area contributed by atoms with E-state index in [0.717, 1.165) is 37.0 Å². The number of fused-ring (bicyclic) bond motifs is 1. The summed E-state index contributed by atoms with van der Waals surface area (Å²) < 4.78 is 13.3. The molecule has 1 aliphatic heterocycles. The van der Waals surface area contributed by atoms with Crippen molar-refractivity contribution in [2.24, 2.45) is 0 Å². The maximum Gasteiger partial charge on any atom is 0.125 e. The van der Waals surface area contributed by atoms with Gasteiger partial charge in [-0.3, -0.25) is 4.90 Å². The highest BCUT2D eigenvalue weighted by Gasteiger charge is 2.16. The Bertz CT molecular complexity index is 817. The number of nitrogens with zero attached hydrogens (tertiary/aromatic N) is 1. The first-order valence-corrected chi connectivity index (χ1v) is 8.38. The van der Waals surface area contributed by atoms with Gasteiger partial charge in [0.05, 0.1) is 0 Å². The minimum Gasteiger partial charge on any atom is -0.360 e. The van der Waals surface area contributed by atoms with Crippen molar-refractivity contribution in [3.63, 3.8) is 0 Å². The van der Waals surface area contributed by atoms with Crippen LogP contribution in [-0.2, 0) is 6.54 Å². The van der Waals surface area contributed by atoms with E-state index in [2.05, 4.69) is 33.5 Å². The topological polar surface area (TPSA) is 19.0 Å². The lowest BCUT2D eigenvalue weighted by Gasteiger charge is -2.25. The largest absolute Gasteiger partial charge is 0.360 e. The van der Waals surface area contributed by atoms with Crippen molar-refractivity contribution < 1.29 is 4.39 Å². The van der Waals surface area contributed by atoms with Crippen LogP contribution in [0.4, 0.5) is 4.39 Å². The van der Waals surface area contributed by atoms with Crippen molar-refractivity contribution in [3.8, 4) is 0 Å². The molecule has 0 radical (unpaired) electrons. The van der Waals surface area contributed by atoms with Gasteiger partial charge in [-0.25, -0.2) is 4.39 Å². The summed E-state index contributed by atoms with van der Waals surface area (Å²) in [6, 6.07) is 9.27. The first-order chi connectivity index (χ1) is 10.8. The number of hydrogen-bond acceptors (Lipinski definition) is 2. The molecule has 0 saturated carbocycles. The SMILES string of the molecule is Fc1ccc2c(C3=CCN(Cc4cccs4)CC3)c[nH]c2c1. The normalized spacial score (nSPS) is 16.1. The van der Waals surface area contributed by atoms with E-state index in [1.807, 2.05) is 23.6 Å². The number of aromatic nitrogens is 1. The Balaban J connectivity index is 1.54. The van der Waals surface area contributed by atoms with Gasteiger partial charge < -0.3 is 4.98 Å². The van der Waals surface area contributed by atoms with E-state index < -0.39 is 0 Å². The van der Waals surface area contributed by atoms with Crippen LogP contribution in [0.5, 0.6) is 0 Å². The van der Waals surface area contributed by atoms with Crippen molar-refractivity contribution in [2.75, 3.05) is 13.1 Å². The summed E-state index contributed by atoms with van der Waals surface area (Å²) in [4.78, 5) is 7.06. The second kappa shape index (κ2) is 5.71. The van der Waals surface area contributed by atoms with Crippen LogP contribution >= 0.6 is 11.3 Å². The molecule has 4 rings (SSSR count). The standard InChI is InChI=1S/C18H17FN2S/c19-14-3-4-16-17(11-20-18(16)10-14)13-5-7-21(8-6-13)12-15-2-1-9-22-15/h1-5,9-11,20H,6-8,12H2. The fourth-order valence-electron chi connectivity index (χ4n) is 3.09. The molecule has 0 aliphatic carbocycles. The first-order valence-electron chi connectivity index (χ1n) is 7.50. The first kappa shape index (κ1) is 13.7. The van der Waals surface area contributed by atoms with Gasteiger partial charge in [0.1, 0.15) is 5.82 Å². The Hall–Kier alpha value is -1.91. The quantitative estimate of drug-likeness (QED) is 0.745. The minimum atomic E-state index is -0.194. The minimum absolute atomic E-state index is 0.194. The molecule has 1 N–H and O–H groups in total. The Morgan fingerprint density at radius 1 is 1.27 bits per heavy atom. The highest BCUT2D eigenvalue weighted by Crippen LogP contribution is 2.30. The van der Waals surface area contributed by atoms with Crippen molar-refractivity contribution in [3.05, 3.63) is 64.2 Å². The smallest absolute Gasteiger partial charge is 0.125 e. The van der Waals surface area contributed by atoms with Crippen LogP contribution in [0.15, 0.2) is 48.0 Å². The predicted molar refractivity (Wildman–Crippen MR) is 90.4 cm³/mol. The molecule has 0 atom stereocenters. The Labute approximate surface area is 132 Å². The summed E-state index contributed by atoms with van der Waals surface area (Å²) in [5, 5.41) is 3.24. The molecule has 0 amide bonds. The van der Waals surface area contributed by atoms with Crippen molar-refractivity contribution in [1.29, 1.82) is 0 Å². The van der Waals surface area contributed by atoms with Gasteiger partial charge >= 0.3 is 0 Å². The number of hydrogen-bond donors (Lipinski definition) is 1. The van der Waals surface area contributed by atoms with Crippen LogP contribution in [-0.4, -0.2) is 23.0 Å². The van der Waals surface area contributed by atoms with Gasteiger partial charge in [-0.1, -0.05) is 12.1 Å².